The summed E-state index contributed by atoms with van der Waals surface area (Å²) in [6, 6.07) is 5.52. The molecule has 2 rings (SSSR count). The Morgan fingerprint density at radius 1 is 1.43 bits per heavy atom. The van der Waals surface area contributed by atoms with Crippen LogP contribution in [0.25, 0.3) is 0 Å². The van der Waals surface area contributed by atoms with Gasteiger partial charge in [-0.2, -0.15) is 0 Å². The van der Waals surface area contributed by atoms with Gasteiger partial charge in [-0.15, -0.1) is 5.10 Å². The van der Waals surface area contributed by atoms with Crippen molar-refractivity contribution in [3.63, 3.8) is 0 Å². The highest BCUT2D eigenvalue weighted by molar-refractivity contribution is 6.01. The molecule has 6 nitrogen and oxygen atoms in total. The summed E-state index contributed by atoms with van der Waals surface area (Å²) < 4.78 is 5.42. The number of ether oxygens (including phenoxy) is 1. The van der Waals surface area contributed by atoms with E-state index in [1.54, 1.807) is 0 Å². The predicted molar refractivity (Wildman–Crippen MR) is 80.8 cm³/mol. The van der Waals surface area contributed by atoms with Gasteiger partial charge in [0.25, 0.3) is 5.91 Å². The molecule has 0 saturated carbocycles. The zero-order chi connectivity index (χ0) is 15.4. The van der Waals surface area contributed by atoms with Gasteiger partial charge in [0.1, 0.15) is 11.6 Å². The van der Waals surface area contributed by atoms with Gasteiger partial charge in [0.05, 0.1) is 6.61 Å². The molecule has 0 unspecified atom stereocenters. The second kappa shape index (κ2) is 6.39. The van der Waals surface area contributed by atoms with Crippen LogP contribution in [0.4, 0.5) is 5.69 Å². The zero-order valence-corrected chi connectivity index (χ0v) is 12.7. The van der Waals surface area contributed by atoms with Crippen LogP contribution in [-0.4, -0.2) is 27.7 Å². The Balaban J connectivity index is 2.11. The van der Waals surface area contributed by atoms with Crippen molar-refractivity contribution in [3.8, 4) is 5.75 Å². The van der Waals surface area contributed by atoms with E-state index in [4.69, 9.17) is 4.74 Å². The van der Waals surface area contributed by atoms with Crippen LogP contribution in [0.2, 0.25) is 0 Å². The number of benzene rings is 1. The third-order valence-corrected chi connectivity index (χ3v) is 3.01. The topological polar surface area (TPSA) is 79.9 Å². The number of aromatic nitrogens is 3. The van der Waals surface area contributed by atoms with Gasteiger partial charge in [-0.1, -0.05) is 13.8 Å². The Hall–Kier alpha value is -2.37. The summed E-state index contributed by atoms with van der Waals surface area (Å²) in [7, 11) is 0. The van der Waals surface area contributed by atoms with Gasteiger partial charge in [0.2, 0.25) is 5.82 Å². The van der Waals surface area contributed by atoms with Crippen molar-refractivity contribution in [2.75, 3.05) is 11.9 Å². The molecule has 0 radical (unpaired) electrons. The molecular weight excluding hydrogens is 268 g/mol. The van der Waals surface area contributed by atoms with Gasteiger partial charge in [-0.25, -0.2) is 4.98 Å². The number of nitrogens with zero attached hydrogens (tertiary/aromatic N) is 2. The highest BCUT2D eigenvalue weighted by Gasteiger charge is 2.15. The number of hydrogen-bond donors (Lipinski definition) is 2. The molecule has 1 aromatic heterocycles. The molecule has 0 bridgehead atoms. The molecule has 0 spiro atoms. The van der Waals surface area contributed by atoms with Crippen LogP contribution in [-0.2, 0) is 0 Å². The average molecular weight is 288 g/mol. The van der Waals surface area contributed by atoms with Crippen LogP contribution >= 0.6 is 0 Å². The molecule has 112 valence electrons. The van der Waals surface area contributed by atoms with Gasteiger partial charge < -0.3 is 10.1 Å². The fourth-order valence-corrected chi connectivity index (χ4v) is 1.85. The molecule has 0 aliphatic rings. The van der Waals surface area contributed by atoms with Crippen molar-refractivity contribution in [1.29, 1.82) is 0 Å². The predicted octanol–water partition coefficient (Wildman–Crippen LogP) is 2.89. The van der Waals surface area contributed by atoms with E-state index in [9.17, 15) is 4.79 Å². The molecule has 0 fully saturated rings. The minimum Gasteiger partial charge on any atom is -0.494 e. The number of rotatable bonds is 5. The van der Waals surface area contributed by atoms with Crippen molar-refractivity contribution in [2.45, 2.75) is 33.6 Å². The van der Waals surface area contributed by atoms with E-state index in [2.05, 4.69) is 20.5 Å². The summed E-state index contributed by atoms with van der Waals surface area (Å²) in [5.74, 6) is 1.50. The normalized spacial score (nSPS) is 10.7. The monoisotopic (exact) mass is 288 g/mol. The lowest BCUT2D eigenvalue weighted by atomic mass is 10.2. The van der Waals surface area contributed by atoms with Crippen molar-refractivity contribution in [2.24, 2.45) is 0 Å². The molecule has 1 amide bonds. The molecule has 0 atom stereocenters. The Labute approximate surface area is 123 Å². The molecule has 0 aliphatic heterocycles. The smallest absolute Gasteiger partial charge is 0.295 e. The lowest BCUT2D eigenvalue weighted by molar-refractivity contribution is 0.101. The minimum atomic E-state index is -0.328. The van der Waals surface area contributed by atoms with Crippen LogP contribution in [0.5, 0.6) is 5.75 Å². The maximum absolute atomic E-state index is 12.1. The van der Waals surface area contributed by atoms with Gasteiger partial charge in [0, 0.05) is 11.6 Å². The van der Waals surface area contributed by atoms with Crippen LogP contribution in [0, 0.1) is 6.92 Å². The Morgan fingerprint density at radius 2 is 2.19 bits per heavy atom. The van der Waals surface area contributed by atoms with Crippen molar-refractivity contribution < 1.29 is 9.53 Å². The number of aromatic amines is 1. The van der Waals surface area contributed by atoms with Gasteiger partial charge in [-0.3, -0.25) is 9.89 Å². The van der Waals surface area contributed by atoms with E-state index >= 15 is 0 Å². The van der Waals surface area contributed by atoms with E-state index in [1.165, 1.54) is 0 Å². The highest BCUT2D eigenvalue weighted by atomic mass is 16.5. The summed E-state index contributed by atoms with van der Waals surface area (Å²) in [5, 5.41) is 9.52. The van der Waals surface area contributed by atoms with Crippen LogP contribution in [0.3, 0.4) is 0 Å². The Bertz CT molecular complexity index is 634. The molecule has 0 aliphatic carbocycles. The molecule has 2 N–H and O–H groups in total. The van der Waals surface area contributed by atoms with E-state index in [0.717, 1.165) is 17.0 Å². The maximum Gasteiger partial charge on any atom is 0.295 e. The fraction of sp³-hybridized carbons (Fsp3) is 0.400. The number of anilines is 1. The highest BCUT2D eigenvalue weighted by Crippen LogP contribution is 2.21. The first-order valence-electron chi connectivity index (χ1n) is 6.98. The second-order valence-corrected chi connectivity index (χ2v) is 5.06. The molecule has 0 saturated heterocycles. The summed E-state index contributed by atoms with van der Waals surface area (Å²) in [6.07, 6.45) is 0. The third kappa shape index (κ3) is 3.59. The van der Waals surface area contributed by atoms with E-state index in [1.807, 2.05) is 45.9 Å². The quantitative estimate of drug-likeness (QED) is 0.886. The minimum absolute atomic E-state index is 0.145. The Morgan fingerprint density at radius 3 is 2.76 bits per heavy atom. The van der Waals surface area contributed by atoms with E-state index in [0.29, 0.717) is 12.4 Å². The molecular formula is C15H20N4O2. The van der Waals surface area contributed by atoms with E-state index < -0.39 is 0 Å². The molecule has 21 heavy (non-hydrogen) atoms. The number of hydrogen-bond acceptors (Lipinski definition) is 4. The first-order valence-corrected chi connectivity index (χ1v) is 6.98. The van der Waals surface area contributed by atoms with Crippen molar-refractivity contribution in [3.05, 3.63) is 35.4 Å². The number of H-pyrrole nitrogens is 1. The largest absolute Gasteiger partial charge is 0.494 e. The standard InChI is InChI=1S/C15H20N4O2/c1-5-21-11-6-7-12(10(4)8-11)16-15(20)14-17-13(9(2)3)18-19-14/h6-9H,5H2,1-4H3,(H,16,20)(H,17,18,19). The van der Waals surface area contributed by atoms with Gasteiger partial charge in [0.15, 0.2) is 0 Å². The van der Waals surface area contributed by atoms with E-state index in [-0.39, 0.29) is 17.6 Å². The third-order valence-electron chi connectivity index (χ3n) is 3.01. The average Bonchev–Trinajstić information content (AvgIpc) is 2.92. The first-order chi connectivity index (χ1) is 10.0. The van der Waals surface area contributed by atoms with Crippen molar-refractivity contribution in [1.82, 2.24) is 15.2 Å². The fourth-order valence-electron chi connectivity index (χ4n) is 1.85. The maximum atomic E-state index is 12.1. The van der Waals surface area contributed by atoms with Gasteiger partial charge in [-0.05, 0) is 37.6 Å². The van der Waals surface area contributed by atoms with Crippen LogP contribution < -0.4 is 10.1 Å². The number of nitrogens with one attached hydrogen (secondary N) is 2. The summed E-state index contributed by atoms with van der Waals surface area (Å²) in [6.45, 7) is 8.42. The molecule has 2 aromatic rings. The van der Waals surface area contributed by atoms with Crippen LogP contribution in [0.1, 0.15) is 48.7 Å². The number of carbonyl (C=O) groups excluding carboxylic acids is 1. The SMILES string of the molecule is CCOc1ccc(NC(=O)c2n[nH]c(C(C)C)n2)c(C)c1. The number of amides is 1. The molecule has 6 heteroatoms. The number of aryl methyl sites for hydroxylation is 1. The first kappa shape index (κ1) is 15.0. The zero-order valence-electron chi connectivity index (χ0n) is 12.7. The van der Waals surface area contributed by atoms with Crippen molar-refractivity contribution >= 4 is 11.6 Å². The summed E-state index contributed by atoms with van der Waals surface area (Å²) >= 11 is 0. The molecule has 1 aromatic carbocycles. The number of carbonyl (C=O) groups is 1. The molecule has 1 heterocycles. The Kier molecular flexibility index (Phi) is 4.57. The second-order valence-electron chi connectivity index (χ2n) is 5.06. The summed E-state index contributed by atoms with van der Waals surface area (Å²) in [5.41, 5.74) is 1.65. The lowest BCUT2D eigenvalue weighted by Crippen LogP contribution is -2.14. The lowest BCUT2D eigenvalue weighted by Gasteiger charge is -2.09. The van der Waals surface area contributed by atoms with Gasteiger partial charge >= 0.3 is 0 Å². The summed E-state index contributed by atoms with van der Waals surface area (Å²) in [4.78, 5) is 16.3. The van der Waals surface area contributed by atoms with Crippen LogP contribution in [0.15, 0.2) is 18.2 Å².